The van der Waals surface area contributed by atoms with Crippen molar-refractivity contribution < 1.29 is 9.18 Å². The molecule has 1 aromatic rings. The van der Waals surface area contributed by atoms with Crippen LogP contribution in [0.4, 0.5) is 4.39 Å². The maximum Gasteiger partial charge on any atom is 0.254 e. The van der Waals surface area contributed by atoms with Gasteiger partial charge < -0.3 is 10.6 Å². The van der Waals surface area contributed by atoms with Gasteiger partial charge >= 0.3 is 0 Å². The van der Waals surface area contributed by atoms with Crippen LogP contribution in [0, 0.1) is 5.82 Å². The molecule has 0 radical (unpaired) electrons. The van der Waals surface area contributed by atoms with Gasteiger partial charge in [0, 0.05) is 6.04 Å². The van der Waals surface area contributed by atoms with Crippen LogP contribution >= 0.6 is 12.4 Å². The molecule has 2 N–H and O–H groups in total. The van der Waals surface area contributed by atoms with Crippen LogP contribution in [0.3, 0.4) is 0 Å². The molecule has 0 aromatic heterocycles. The van der Waals surface area contributed by atoms with Crippen molar-refractivity contribution in [2.75, 3.05) is 13.1 Å². The van der Waals surface area contributed by atoms with Crippen LogP contribution < -0.4 is 10.6 Å². The maximum atomic E-state index is 14.0. The van der Waals surface area contributed by atoms with Gasteiger partial charge in [-0.25, -0.2) is 4.39 Å². The van der Waals surface area contributed by atoms with Crippen molar-refractivity contribution in [1.82, 2.24) is 10.6 Å². The zero-order valence-electron chi connectivity index (χ0n) is 12.7. The molecule has 1 saturated carbocycles. The van der Waals surface area contributed by atoms with Crippen LogP contribution in [0.2, 0.25) is 0 Å². The number of hydrogen-bond acceptors (Lipinski definition) is 2. The predicted molar refractivity (Wildman–Crippen MR) is 88.2 cm³/mol. The molecule has 0 atom stereocenters. The molecule has 1 amide bonds. The first kappa shape index (κ1) is 17.2. The molecular formula is C17H24ClFN2O. The fourth-order valence-electron chi connectivity index (χ4n) is 3.46. The third kappa shape index (κ3) is 3.99. The SMILES string of the molecule is Cl.O=C(NC1CCCC1)c1cc(C2CCNCC2)ccc1F. The van der Waals surface area contributed by atoms with E-state index in [2.05, 4.69) is 10.6 Å². The van der Waals surface area contributed by atoms with Gasteiger partial charge in [0.25, 0.3) is 5.91 Å². The Bertz CT molecular complexity index is 511. The highest BCUT2D eigenvalue weighted by Gasteiger charge is 2.22. The van der Waals surface area contributed by atoms with Gasteiger partial charge in [0.2, 0.25) is 0 Å². The summed E-state index contributed by atoms with van der Waals surface area (Å²) in [5, 5.41) is 6.30. The Morgan fingerprint density at radius 2 is 1.82 bits per heavy atom. The molecule has 122 valence electrons. The third-order valence-corrected chi connectivity index (χ3v) is 4.74. The fourth-order valence-corrected chi connectivity index (χ4v) is 3.46. The van der Waals surface area contributed by atoms with E-state index in [9.17, 15) is 9.18 Å². The number of hydrogen-bond donors (Lipinski definition) is 2. The second kappa shape index (κ2) is 7.93. The Morgan fingerprint density at radius 3 is 2.50 bits per heavy atom. The van der Waals surface area contributed by atoms with Gasteiger partial charge in [0.1, 0.15) is 5.82 Å². The first-order chi connectivity index (χ1) is 10.2. The average molecular weight is 327 g/mol. The number of benzene rings is 1. The van der Waals surface area contributed by atoms with Gasteiger partial charge in [-0.05, 0) is 62.4 Å². The molecule has 1 aliphatic carbocycles. The molecule has 2 fully saturated rings. The van der Waals surface area contributed by atoms with Crippen LogP contribution in [0.1, 0.15) is 60.4 Å². The van der Waals surface area contributed by atoms with Crippen molar-refractivity contribution in [1.29, 1.82) is 0 Å². The van der Waals surface area contributed by atoms with Crippen LogP contribution in [-0.4, -0.2) is 25.0 Å². The summed E-state index contributed by atoms with van der Waals surface area (Å²) in [4.78, 5) is 12.3. The standard InChI is InChI=1S/C17H23FN2O.ClH/c18-16-6-5-13(12-7-9-19-10-8-12)11-15(16)17(21)20-14-3-1-2-4-14;/h5-6,11-12,14,19H,1-4,7-10H2,(H,20,21);1H. The molecule has 3 rings (SSSR count). The lowest BCUT2D eigenvalue weighted by molar-refractivity contribution is 0.0933. The first-order valence-corrected chi connectivity index (χ1v) is 8.05. The van der Waals surface area contributed by atoms with E-state index in [1.54, 1.807) is 6.07 Å². The summed E-state index contributed by atoms with van der Waals surface area (Å²) < 4.78 is 14.0. The minimum Gasteiger partial charge on any atom is -0.349 e. The van der Waals surface area contributed by atoms with Gasteiger partial charge in [-0.1, -0.05) is 18.9 Å². The highest BCUT2D eigenvalue weighted by Crippen LogP contribution is 2.27. The summed E-state index contributed by atoms with van der Waals surface area (Å²) in [5.74, 6) is -0.233. The van der Waals surface area contributed by atoms with Crippen molar-refractivity contribution in [3.63, 3.8) is 0 Å². The van der Waals surface area contributed by atoms with E-state index in [1.807, 2.05) is 6.07 Å². The zero-order chi connectivity index (χ0) is 14.7. The number of carbonyl (C=O) groups excluding carboxylic acids is 1. The summed E-state index contributed by atoms with van der Waals surface area (Å²) >= 11 is 0. The number of halogens is 2. The summed E-state index contributed by atoms with van der Waals surface area (Å²) in [6, 6.07) is 5.26. The molecule has 1 heterocycles. The lowest BCUT2D eigenvalue weighted by atomic mass is 9.89. The first-order valence-electron chi connectivity index (χ1n) is 8.05. The van der Waals surface area contributed by atoms with E-state index < -0.39 is 5.82 Å². The van der Waals surface area contributed by atoms with Gasteiger partial charge in [0.05, 0.1) is 5.56 Å². The Balaban J connectivity index is 0.00000176. The average Bonchev–Trinajstić information content (AvgIpc) is 3.01. The predicted octanol–water partition coefficient (Wildman–Crippen LogP) is 3.39. The molecule has 0 spiro atoms. The lowest BCUT2D eigenvalue weighted by Crippen LogP contribution is -2.33. The topological polar surface area (TPSA) is 41.1 Å². The zero-order valence-corrected chi connectivity index (χ0v) is 13.6. The van der Waals surface area contributed by atoms with E-state index in [-0.39, 0.29) is 29.9 Å². The molecule has 0 unspecified atom stereocenters. The second-order valence-corrected chi connectivity index (χ2v) is 6.22. The number of piperidine rings is 1. The van der Waals surface area contributed by atoms with Crippen LogP contribution in [0.5, 0.6) is 0 Å². The molecule has 1 saturated heterocycles. The Labute approximate surface area is 137 Å². The largest absolute Gasteiger partial charge is 0.349 e. The van der Waals surface area contributed by atoms with E-state index in [0.29, 0.717) is 5.92 Å². The molecule has 2 aliphatic rings. The van der Waals surface area contributed by atoms with Crippen molar-refractivity contribution in [3.8, 4) is 0 Å². The van der Waals surface area contributed by atoms with Gasteiger partial charge in [-0.2, -0.15) is 0 Å². The Kier molecular flexibility index (Phi) is 6.21. The van der Waals surface area contributed by atoms with Crippen LogP contribution in [0.15, 0.2) is 18.2 Å². The highest BCUT2D eigenvalue weighted by atomic mass is 35.5. The Hall–Kier alpha value is -1.13. The number of amides is 1. The van der Waals surface area contributed by atoms with Gasteiger partial charge in [0.15, 0.2) is 0 Å². The summed E-state index contributed by atoms with van der Waals surface area (Å²) in [7, 11) is 0. The molecular weight excluding hydrogens is 303 g/mol. The van der Waals surface area contributed by atoms with E-state index in [1.165, 1.54) is 6.07 Å². The monoisotopic (exact) mass is 326 g/mol. The van der Waals surface area contributed by atoms with E-state index in [0.717, 1.165) is 57.2 Å². The normalized spacial score (nSPS) is 19.7. The number of carbonyl (C=O) groups is 1. The van der Waals surface area contributed by atoms with Crippen LogP contribution in [-0.2, 0) is 0 Å². The molecule has 1 aliphatic heterocycles. The molecule has 5 heteroatoms. The van der Waals surface area contributed by atoms with Crippen molar-refractivity contribution in [2.45, 2.75) is 50.5 Å². The summed E-state index contributed by atoms with van der Waals surface area (Å²) in [5.41, 5.74) is 1.30. The van der Waals surface area contributed by atoms with Gasteiger partial charge in [-0.3, -0.25) is 4.79 Å². The van der Waals surface area contributed by atoms with Crippen molar-refractivity contribution in [3.05, 3.63) is 35.1 Å². The van der Waals surface area contributed by atoms with E-state index in [4.69, 9.17) is 0 Å². The Morgan fingerprint density at radius 1 is 1.14 bits per heavy atom. The highest BCUT2D eigenvalue weighted by molar-refractivity contribution is 5.94. The fraction of sp³-hybridized carbons (Fsp3) is 0.588. The third-order valence-electron chi connectivity index (χ3n) is 4.74. The smallest absolute Gasteiger partial charge is 0.254 e. The maximum absolute atomic E-state index is 14.0. The molecule has 0 bridgehead atoms. The quantitative estimate of drug-likeness (QED) is 0.894. The second-order valence-electron chi connectivity index (χ2n) is 6.22. The molecule has 3 nitrogen and oxygen atoms in total. The van der Waals surface area contributed by atoms with Crippen molar-refractivity contribution >= 4 is 18.3 Å². The summed E-state index contributed by atoms with van der Waals surface area (Å²) in [6.45, 7) is 1.98. The molecule has 1 aromatic carbocycles. The lowest BCUT2D eigenvalue weighted by Gasteiger charge is -2.23. The molecule has 22 heavy (non-hydrogen) atoms. The van der Waals surface area contributed by atoms with E-state index >= 15 is 0 Å². The number of rotatable bonds is 3. The van der Waals surface area contributed by atoms with Crippen molar-refractivity contribution in [2.24, 2.45) is 0 Å². The minimum atomic E-state index is -0.414. The van der Waals surface area contributed by atoms with Gasteiger partial charge in [-0.15, -0.1) is 12.4 Å². The summed E-state index contributed by atoms with van der Waals surface area (Å²) in [6.07, 6.45) is 6.44. The van der Waals surface area contributed by atoms with Crippen LogP contribution in [0.25, 0.3) is 0 Å². The minimum absolute atomic E-state index is 0. The number of nitrogens with one attached hydrogen (secondary N) is 2.